The van der Waals surface area contributed by atoms with Crippen LogP contribution in [0.3, 0.4) is 0 Å². The van der Waals surface area contributed by atoms with Crippen molar-refractivity contribution in [1.29, 1.82) is 0 Å². The van der Waals surface area contributed by atoms with Gasteiger partial charge in [0.1, 0.15) is 0 Å². The summed E-state index contributed by atoms with van der Waals surface area (Å²) in [6.07, 6.45) is 1.47. The van der Waals surface area contributed by atoms with Crippen molar-refractivity contribution in [2.45, 2.75) is 6.92 Å². The SMILES string of the molecule is CC(=O)N(C)/N=C/CN. The molecule has 0 aromatic carbocycles. The van der Waals surface area contributed by atoms with Crippen molar-refractivity contribution in [3.05, 3.63) is 0 Å². The molecule has 0 aliphatic heterocycles. The Morgan fingerprint density at radius 3 is 2.78 bits per heavy atom. The van der Waals surface area contributed by atoms with Crippen molar-refractivity contribution in [3.8, 4) is 0 Å². The van der Waals surface area contributed by atoms with E-state index in [0.717, 1.165) is 0 Å². The van der Waals surface area contributed by atoms with E-state index in [1.165, 1.54) is 18.1 Å². The fraction of sp³-hybridized carbons (Fsp3) is 0.600. The quantitative estimate of drug-likeness (QED) is 0.400. The predicted molar refractivity (Wildman–Crippen MR) is 36.0 cm³/mol. The lowest BCUT2D eigenvalue weighted by molar-refractivity contribution is -0.127. The Kier molecular flexibility index (Phi) is 3.62. The highest BCUT2D eigenvalue weighted by Gasteiger charge is 1.94. The molecular formula is C5H11N3O. The second-order valence-electron chi connectivity index (χ2n) is 1.58. The maximum atomic E-state index is 10.4. The average molecular weight is 129 g/mol. The number of carbonyl (C=O) groups is 1. The highest BCUT2D eigenvalue weighted by molar-refractivity contribution is 5.74. The summed E-state index contributed by atoms with van der Waals surface area (Å²) in [6, 6.07) is 0. The molecule has 0 saturated heterocycles. The third-order valence-corrected chi connectivity index (χ3v) is 0.816. The first-order chi connectivity index (χ1) is 4.18. The molecule has 0 unspecified atom stereocenters. The van der Waals surface area contributed by atoms with Gasteiger partial charge in [0.15, 0.2) is 0 Å². The molecule has 0 spiro atoms. The first kappa shape index (κ1) is 8.10. The maximum Gasteiger partial charge on any atom is 0.239 e. The average Bonchev–Trinajstić information content (AvgIpc) is 1.82. The molecule has 0 rings (SSSR count). The molecule has 0 fully saturated rings. The van der Waals surface area contributed by atoms with Crippen LogP contribution in [-0.4, -0.2) is 30.7 Å². The van der Waals surface area contributed by atoms with Gasteiger partial charge in [0.25, 0.3) is 0 Å². The Morgan fingerprint density at radius 2 is 2.44 bits per heavy atom. The van der Waals surface area contributed by atoms with Gasteiger partial charge in [-0.3, -0.25) is 4.79 Å². The van der Waals surface area contributed by atoms with Gasteiger partial charge in [-0.2, -0.15) is 5.10 Å². The van der Waals surface area contributed by atoms with Gasteiger partial charge in [-0.25, -0.2) is 5.01 Å². The highest BCUT2D eigenvalue weighted by Crippen LogP contribution is 1.80. The van der Waals surface area contributed by atoms with Crippen molar-refractivity contribution < 1.29 is 4.79 Å². The van der Waals surface area contributed by atoms with Crippen LogP contribution in [0.25, 0.3) is 0 Å². The molecule has 0 heterocycles. The number of nitrogens with zero attached hydrogens (tertiary/aromatic N) is 2. The van der Waals surface area contributed by atoms with E-state index in [1.54, 1.807) is 7.05 Å². The summed E-state index contributed by atoms with van der Waals surface area (Å²) in [4.78, 5) is 10.4. The molecule has 4 heteroatoms. The highest BCUT2D eigenvalue weighted by atomic mass is 16.2. The van der Waals surface area contributed by atoms with Crippen LogP contribution in [0.15, 0.2) is 5.10 Å². The summed E-state index contributed by atoms with van der Waals surface area (Å²) in [5.74, 6) is -0.0975. The second kappa shape index (κ2) is 4.03. The fourth-order valence-electron chi connectivity index (χ4n) is 0.251. The predicted octanol–water partition coefficient (Wildman–Crippen LogP) is -0.591. The van der Waals surface area contributed by atoms with Gasteiger partial charge in [0.05, 0.1) is 0 Å². The van der Waals surface area contributed by atoms with Crippen molar-refractivity contribution in [2.75, 3.05) is 13.6 Å². The maximum absolute atomic E-state index is 10.4. The molecule has 1 amide bonds. The number of hydrazone groups is 1. The van der Waals surface area contributed by atoms with Gasteiger partial charge < -0.3 is 5.73 Å². The largest absolute Gasteiger partial charge is 0.326 e. The summed E-state index contributed by atoms with van der Waals surface area (Å²) in [7, 11) is 1.58. The first-order valence-corrected chi connectivity index (χ1v) is 2.65. The van der Waals surface area contributed by atoms with Gasteiger partial charge in [-0.15, -0.1) is 0 Å². The zero-order valence-electron chi connectivity index (χ0n) is 5.66. The summed E-state index contributed by atoms with van der Waals surface area (Å²) in [5, 5.41) is 4.90. The number of amides is 1. The lowest BCUT2D eigenvalue weighted by atomic mass is 10.7. The molecule has 0 atom stereocenters. The van der Waals surface area contributed by atoms with Gasteiger partial charge in [0.2, 0.25) is 5.91 Å². The molecule has 0 bridgehead atoms. The van der Waals surface area contributed by atoms with Gasteiger partial charge in [-0.05, 0) is 0 Å². The van der Waals surface area contributed by atoms with Gasteiger partial charge in [0, 0.05) is 26.7 Å². The molecule has 0 saturated carbocycles. The van der Waals surface area contributed by atoms with E-state index in [2.05, 4.69) is 5.10 Å². The number of hydrogen-bond donors (Lipinski definition) is 1. The summed E-state index contributed by atoms with van der Waals surface area (Å²) in [5.41, 5.74) is 5.09. The van der Waals surface area contributed by atoms with E-state index in [-0.39, 0.29) is 5.91 Å². The summed E-state index contributed by atoms with van der Waals surface area (Å²) >= 11 is 0. The molecule has 9 heavy (non-hydrogen) atoms. The third-order valence-electron chi connectivity index (χ3n) is 0.816. The topological polar surface area (TPSA) is 58.7 Å². The minimum atomic E-state index is -0.0975. The van der Waals surface area contributed by atoms with Crippen LogP contribution < -0.4 is 5.73 Å². The minimum absolute atomic E-state index is 0.0975. The Bertz CT molecular complexity index is 121. The van der Waals surface area contributed by atoms with E-state index < -0.39 is 0 Å². The van der Waals surface area contributed by atoms with Crippen molar-refractivity contribution >= 4 is 12.1 Å². The van der Waals surface area contributed by atoms with Crippen LogP contribution in [-0.2, 0) is 4.79 Å². The molecule has 4 nitrogen and oxygen atoms in total. The normalized spacial score (nSPS) is 10.1. The fourth-order valence-corrected chi connectivity index (χ4v) is 0.251. The lowest BCUT2D eigenvalue weighted by Gasteiger charge is -2.04. The van der Waals surface area contributed by atoms with Gasteiger partial charge >= 0.3 is 0 Å². The van der Waals surface area contributed by atoms with Crippen LogP contribution >= 0.6 is 0 Å². The first-order valence-electron chi connectivity index (χ1n) is 2.65. The summed E-state index contributed by atoms with van der Waals surface area (Å²) in [6.45, 7) is 1.80. The second-order valence-corrected chi connectivity index (χ2v) is 1.58. The molecular weight excluding hydrogens is 118 g/mol. The van der Waals surface area contributed by atoms with E-state index >= 15 is 0 Å². The Morgan fingerprint density at radius 1 is 1.89 bits per heavy atom. The molecule has 0 aromatic heterocycles. The number of carbonyl (C=O) groups excluding carboxylic acids is 1. The number of rotatable bonds is 2. The van der Waals surface area contributed by atoms with Crippen LogP contribution in [0.4, 0.5) is 0 Å². The van der Waals surface area contributed by atoms with Crippen LogP contribution in [0.1, 0.15) is 6.92 Å². The number of hydrogen-bond acceptors (Lipinski definition) is 3. The zero-order valence-corrected chi connectivity index (χ0v) is 5.66. The molecule has 0 aliphatic carbocycles. The standard InChI is InChI=1S/C5H11N3O/c1-5(9)8(2)7-4-3-6/h4H,3,6H2,1-2H3/b7-4+. The van der Waals surface area contributed by atoms with Crippen LogP contribution in [0.2, 0.25) is 0 Å². The molecule has 2 N–H and O–H groups in total. The third kappa shape index (κ3) is 3.66. The van der Waals surface area contributed by atoms with Crippen molar-refractivity contribution in [1.82, 2.24) is 5.01 Å². The van der Waals surface area contributed by atoms with Crippen molar-refractivity contribution in [2.24, 2.45) is 10.8 Å². The summed E-state index contributed by atoms with van der Waals surface area (Å²) < 4.78 is 0. The minimum Gasteiger partial charge on any atom is -0.326 e. The van der Waals surface area contributed by atoms with E-state index in [1.807, 2.05) is 0 Å². The number of nitrogens with two attached hydrogens (primary N) is 1. The van der Waals surface area contributed by atoms with Crippen LogP contribution in [0, 0.1) is 0 Å². The Balaban J connectivity index is 3.62. The van der Waals surface area contributed by atoms with Crippen LogP contribution in [0.5, 0.6) is 0 Å². The Labute approximate surface area is 54.3 Å². The zero-order chi connectivity index (χ0) is 7.28. The molecule has 52 valence electrons. The molecule has 0 radical (unpaired) electrons. The molecule has 0 aliphatic rings. The monoisotopic (exact) mass is 129 g/mol. The lowest BCUT2D eigenvalue weighted by Crippen LogP contribution is -2.18. The van der Waals surface area contributed by atoms with Gasteiger partial charge in [-0.1, -0.05) is 0 Å². The molecule has 0 aromatic rings. The van der Waals surface area contributed by atoms with E-state index in [0.29, 0.717) is 6.54 Å². The Hall–Kier alpha value is -0.900. The van der Waals surface area contributed by atoms with E-state index in [9.17, 15) is 4.79 Å². The smallest absolute Gasteiger partial charge is 0.239 e. The van der Waals surface area contributed by atoms with Crippen molar-refractivity contribution in [3.63, 3.8) is 0 Å². The van der Waals surface area contributed by atoms with E-state index in [4.69, 9.17) is 5.73 Å².